The SMILES string of the molecule is Cc1cc2nnc(SCC(=O)NC(=O)NC(C)(C)C)n2c2ccccc12. The van der Waals surface area contributed by atoms with Gasteiger partial charge in [0.2, 0.25) is 5.91 Å². The zero-order valence-corrected chi connectivity index (χ0v) is 16.0. The monoisotopic (exact) mass is 371 g/mol. The molecule has 8 heteroatoms. The number of pyridine rings is 1. The van der Waals surface area contributed by atoms with E-state index in [1.165, 1.54) is 11.8 Å². The normalized spacial score (nSPS) is 11.7. The molecule has 0 aliphatic heterocycles. The molecule has 0 radical (unpaired) electrons. The van der Waals surface area contributed by atoms with Crippen LogP contribution in [0.1, 0.15) is 26.3 Å². The first-order valence-electron chi connectivity index (χ1n) is 8.23. The molecular formula is C18H21N5O2S. The number of para-hydroxylation sites is 1. The summed E-state index contributed by atoms with van der Waals surface area (Å²) in [6.07, 6.45) is 0. The predicted molar refractivity (Wildman–Crippen MR) is 102 cm³/mol. The Balaban J connectivity index is 1.77. The Kier molecular flexibility index (Phi) is 4.86. The highest BCUT2D eigenvalue weighted by molar-refractivity contribution is 7.99. The van der Waals surface area contributed by atoms with E-state index in [0.29, 0.717) is 5.16 Å². The molecule has 0 fully saturated rings. The molecule has 1 aromatic carbocycles. The smallest absolute Gasteiger partial charge is 0.321 e. The molecule has 2 N–H and O–H groups in total. The van der Waals surface area contributed by atoms with Crippen LogP contribution >= 0.6 is 11.8 Å². The highest BCUT2D eigenvalue weighted by Gasteiger charge is 2.17. The van der Waals surface area contributed by atoms with Gasteiger partial charge in [0, 0.05) is 10.9 Å². The van der Waals surface area contributed by atoms with Crippen molar-refractivity contribution < 1.29 is 9.59 Å². The Bertz CT molecular complexity index is 990. The van der Waals surface area contributed by atoms with E-state index in [2.05, 4.69) is 20.8 Å². The van der Waals surface area contributed by atoms with Crippen LogP contribution in [0, 0.1) is 6.92 Å². The summed E-state index contributed by atoms with van der Waals surface area (Å²) in [7, 11) is 0. The number of rotatable bonds is 3. The van der Waals surface area contributed by atoms with Crippen molar-refractivity contribution in [2.24, 2.45) is 0 Å². The van der Waals surface area contributed by atoms with Crippen LogP contribution in [0.25, 0.3) is 16.6 Å². The first-order chi connectivity index (χ1) is 12.2. The van der Waals surface area contributed by atoms with Crippen LogP contribution in [0.3, 0.4) is 0 Å². The van der Waals surface area contributed by atoms with Gasteiger partial charge >= 0.3 is 6.03 Å². The lowest BCUT2D eigenvalue weighted by Gasteiger charge is -2.20. The first kappa shape index (κ1) is 18.2. The van der Waals surface area contributed by atoms with Crippen LogP contribution in [0.15, 0.2) is 35.5 Å². The third-order valence-corrected chi connectivity index (χ3v) is 4.58. The fourth-order valence-electron chi connectivity index (χ4n) is 2.63. The maximum atomic E-state index is 12.0. The predicted octanol–water partition coefficient (Wildman–Crippen LogP) is 2.91. The molecule has 3 aromatic rings. The number of hydrogen-bond donors (Lipinski definition) is 2. The van der Waals surface area contributed by atoms with Gasteiger partial charge in [0.05, 0.1) is 11.3 Å². The summed E-state index contributed by atoms with van der Waals surface area (Å²) >= 11 is 1.24. The standard InChI is InChI=1S/C18H21N5O2S/c1-11-9-14-21-22-17(23(14)13-8-6-5-7-12(11)13)26-10-15(24)19-16(25)20-18(2,3)4/h5-9H,10H2,1-4H3,(H2,19,20,24,25). The topological polar surface area (TPSA) is 88.4 Å². The molecule has 0 bridgehead atoms. The summed E-state index contributed by atoms with van der Waals surface area (Å²) in [6.45, 7) is 7.58. The second kappa shape index (κ2) is 6.95. The van der Waals surface area contributed by atoms with Gasteiger partial charge in [-0.05, 0) is 45.4 Å². The van der Waals surface area contributed by atoms with E-state index >= 15 is 0 Å². The van der Waals surface area contributed by atoms with Crippen LogP contribution in [-0.2, 0) is 4.79 Å². The molecule has 26 heavy (non-hydrogen) atoms. The Labute approximate surface area is 155 Å². The van der Waals surface area contributed by atoms with Crippen molar-refractivity contribution >= 4 is 40.3 Å². The lowest BCUT2D eigenvalue weighted by atomic mass is 10.1. The average Bonchev–Trinajstić information content (AvgIpc) is 2.94. The minimum Gasteiger partial charge on any atom is -0.333 e. The number of amides is 3. The number of thioether (sulfide) groups is 1. The first-order valence-corrected chi connectivity index (χ1v) is 9.21. The highest BCUT2D eigenvalue weighted by atomic mass is 32.2. The number of hydrogen-bond acceptors (Lipinski definition) is 5. The molecule has 0 unspecified atom stereocenters. The van der Waals surface area contributed by atoms with Crippen molar-refractivity contribution in [2.75, 3.05) is 5.75 Å². The van der Waals surface area contributed by atoms with E-state index in [9.17, 15) is 9.59 Å². The van der Waals surface area contributed by atoms with Crippen LogP contribution in [0.2, 0.25) is 0 Å². The van der Waals surface area contributed by atoms with Gasteiger partial charge in [-0.2, -0.15) is 0 Å². The Hall–Kier alpha value is -2.61. The summed E-state index contributed by atoms with van der Waals surface area (Å²) in [5.41, 5.74) is 2.43. The molecular weight excluding hydrogens is 350 g/mol. The molecule has 0 atom stereocenters. The van der Waals surface area contributed by atoms with Crippen LogP contribution < -0.4 is 10.6 Å². The quantitative estimate of drug-likeness (QED) is 0.691. The van der Waals surface area contributed by atoms with Gasteiger partial charge in [-0.1, -0.05) is 30.0 Å². The minimum atomic E-state index is -0.504. The summed E-state index contributed by atoms with van der Waals surface area (Å²) in [5, 5.41) is 15.1. The number of urea groups is 1. The van der Waals surface area contributed by atoms with E-state index < -0.39 is 11.6 Å². The van der Waals surface area contributed by atoms with Gasteiger partial charge in [0.1, 0.15) is 0 Å². The number of carbonyl (C=O) groups excluding carboxylic acids is 2. The van der Waals surface area contributed by atoms with Crippen molar-refractivity contribution in [3.05, 3.63) is 35.9 Å². The Morgan fingerprint density at radius 2 is 1.92 bits per heavy atom. The maximum absolute atomic E-state index is 12.0. The highest BCUT2D eigenvalue weighted by Crippen LogP contribution is 2.25. The van der Waals surface area contributed by atoms with E-state index in [1.807, 2.05) is 62.4 Å². The van der Waals surface area contributed by atoms with E-state index in [1.54, 1.807) is 0 Å². The minimum absolute atomic E-state index is 0.0700. The molecule has 3 rings (SSSR count). The van der Waals surface area contributed by atoms with Crippen molar-refractivity contribution in [2.45, 2.75) is 38.4 Å². The molecule has 136 valence electrons. The number of nitrogens with zero attached hydrogens (tertiary/aromatic N) is 3. The summed E-state index contributed by atoms with van der Waals surface area (Å²) in [6, 6.07) is 9.45. The second-order valence-electron chi connectivity index (χ2n) is 7.06. The lowest BCUT2D eigenvalue weighted by molar-refractivity contribution is -0.117. The maximum Gasteiger partial charge on any atom is 0.321 e. The van der Waals surface area contributed by atoms with Gasteiger partial charge in [0.15, 0.2) is 10.8 Å². The molecule has 2 heterocycles. The van der Waals surface area contributed by atoms with E-state index in [-0.39, 0.29) is 11.7 Å². The summed E-state index contributed by atoms with van der Waals surface area (Å²) < 4.78 is 1.93. The third kappa shape index (κ3) is 3.96. The van der Waals surface area contributed by atoms with Crippen LogP contribution in [0.5, 0.6) is 0 Å². The number of benzene rings is 1. The molecule has 0 aliphatic rings. The fourth-order valence-corrected chi connectivity index (χ4v) is 3.38. The van der Waals surface area contributed by atoms with Crippen molar-refractivity contribution in [3.63, 3.8) is 0 Å². The zero-order chi connectivity index (χ0) is 18.9. The largest absolute Gasteiger partial charge is 0.333 e. The van der Waals surface area contributed by atoms with E-state index in [4.69, 9.17) is 0 Å². The van der Waals surface area contributed by atoms with Gasteiger partial charge in [-0.3, -0.25) is 14.5 Å². The van der Waals surface area contributed by atoms with Gasteiger partial charge in [-0.25, -0.2) is 4.79 Å². The molecule has 3 amide bonds. The molecule has 0 saturated heterocycles. The van der Waals surface area contributed by atoms with Gasteiger partial charge < -0.3 is 5.32 Å². The second-order valence-corrected chi connectivity index (χ2v) is 8.00. The fraction of sp³-hybridized carbons (Fsp3) is 0.333. The number of aryl methyl sites for hydroxylation is 1. The lowest BCUT2D eigenvalue weighted by Crippen LogP contribution is -2.48. The van der Waals surface area contributed by atoms with Crippen LogP contribution in [-0.4, -0.2) is 37.8 Å². The molecule has 7 nitrogen and oxygen atoms in total. The third-order valence-electron chi connectivity index (χ3n) is 3.65. The number of aromatic nitrogens is 3. The van der Waals surface area contributed by atoms with Crippen molar-refractivity contribution in [1.29, 1.82) is 0 Å². The Morgan fingerprint density at radius 1 is 1.19 bits per heavy atom. The van der Waals surface area contributed by atoms with Gasteiger partial charge in [0.25, 0.3) is 0 Å². The summed E-state index contributed by atoms with van der Waals surface area (Å²) in [4.78, 5) is 23.8. The molecule has 0 aliphatic carbocycles. The number of fused-ring (bicyclic) bond motifs is 3. The number of nitrogens with one attached hydrogen (secondary N) is 2. The molecule has 0 saturated carbocycles. The van der Waals surface area contributed by atoms with Gasteiger partial charge in [-0.15, -0.1) is 10.2 Å². The molecule has 0 spiro atoms. The number of imide groups is 1. The van der Waals surface area contributed by atoms with Crippen molar-refractivity contribution in [1.82, 2.24) is 25.2 Å². The zero-order valence-electron chi connectivity index (χ0n) is 15.2. The number of carbonyl (C=O) groups is 2. The van der Waals surface area contributed by atoms with E-state index in [0.717, 1.165) is 22.1 Å². The van der Waals surface area contributed by atoms with Crippen molar-refractivity contribution in [3.8, 4) is 0 Å². The molecule has 2 aromatic heterocycles. The van der Waals surface area contributed by atoms with Crippen LogP contribution in [0.4, 0.5) is 4.79 Å². The average molecular weight is 371 g/mol. The summed E-state index contributed by atoms with van der Waals surface area (Å²) in [5.74, 6) is -0.314. The Morgan fingerprint density at radius 3 is 2.65 bits per heavy atom.